The molecule has 100 valence electrons. The van der Waals surface area contributed by atoms with Crippen molar-refractivity contribution in [2.24, 2.45) is 0 Å². The third kappa shape index (κ3) is 2.35. The highest BCUT2D eigenvalue weighted by Crippen LogP contribution is 2.23. The van der Waals surface area contributed by atoms with Crippen molar-refractivity contribution >= 4 is 28.8 Å². The lowest BCUT2D eigenvalue weighted by Gasteiger charge is -2.07. The minimum absolute atomic E-state index is 0.334. The first-order valence-electron chi connectivity index (χ1n) is 5.92. The molecule has 3 rings (SSSR count). The number of hydrogen-bond donors (Lipinski definition) is 1. The zero-order chi connectivity index (χ0) is 13.9. The van der Waals surface area contributed by atoms with Crippen molar-refractivity contribution in [3.05, 3.63) is 52.9 Å². The van der Waals surface area contributed by atoms with Gasteiger partial charge in [-0.3, -0.25) is 14.9 Å². The molecule has 6 heteroatoms. The van der Waals surface area contributed by atoms with E-state index in [1.54, 1.807) is 36.7 Å². The molecule has 0 saturated carbocycles. The van der Waals surface area contributed by atoms with Gasteiger partial charge in [0.1, 0.15) is 18.1 Å². The number of nitrogens with zero attached hydrogens (tertiary/aromatic N) is 2. The largest absolute Gasteiger partial charge is 0.489 e. The number of aromatic nitrogens is 3. The smallest absolute Gasteiger partial charge is 0.168 e. The molecule has 0 saturated heterocycles. The summed E-state index contributed by atoms with van der Waals surface area (Å²) in [5.41, 5.74) is 2.01. The van der Waals surface area contributed by atoms with Crippen LogP contribution < -0.4 is 4.74 Å². The fourth-order valence-electron chi connectivity index (χ4n) is 1.87. The number of H-pyrrole nitrogens is 1. The Labute approximate surface area is 119 Å². The quantitative estimate of drug-likeness (QED) is 0.749. The maximum absolute atomic E-state index is 10.9. The van der Waals surface area contributed by atoms with Crippen molar-refractivity contribution in [2.75, 3.05) is 0 Å². The molecule has 1 aromatic carbocycles. The highest BCUT2D eigenvalue weighted by molar-refractivity contribution is 6.31. The normalized spacial score (nSPS) is 10.7. The van der Waals surface area contributed by atoms with Gasteiger partial charge >= 0.3 is 0 Å². The second-order valence-electron chi connectivity index (χ2n) is 4.19. The van der Waals surface area contributed by atoms with Crippen molar-refractivity contribution in [2.45, 2.75) is 6.61 Å². The maximum atomic E-state index is 10.9. The number of nitrogens with one attached hydrogen (secondary N) is 1. The summed E-state index contributed by atoms with van der Waals surface area (Å²) in [6.45, 7) is 0.334. The molecule has 0 atom stereocenters. The standard InChI is InChI=1S/C14H10ClN3O2/c15-12-6-16-4-3-9(12)8-20-10-1-2-13-11(5-10)14(7-19)18-17-13/h1-7H,8H2,(H,17,18). The summed E-state index contributed by atoms with van der Waals surface area (Å²) in [5, 5.41) is 7.99. The van der Waals surface area contributed by atoms with Gasteiger partial charge in [-0.2, -0.15) is 5.10 Å². The highest BCUT2D eigenvalue weighted by Gasteiger charge is 2.06. The van der Waals surface area contributed by atoms with Crippen LogP contribution in [0, 0.1) is 0 Å². The Bertz CT molecular complexity index is 770. The summed E-state index contributed by atoms with van der Waals surface area (Å²) in [5.74, 6) is 0.648. The lowest BCUT2D eigenvalue weighted by Crippen LogP contribution is -1.96. The molecule has 0 radical (unpaired) electrons. The van der Waals surface area contributed by atoms with E-state index >= 15 is 0 Å². The van der Waals surface area contributed by atoms with Gasteiger partial charge in [0, 0.05) is 23.3 Å². The van der Waals surface area contributed by atoms with Crippen molar-refractivity contribution in [3.8, 4) is 5.75 Å². The van der Waals surface area contributed by atoms with Crippen LogP contribution >= 0.6 is 11.6 Å². The summed E-state index contributed by atoms with van der Waals surface area (Å²) in [6, 6.07) is 7.17. The van der Waals surface area contributed by atoms with Crippen LogP contribution in [0.2, 0.25) is 5.02 Å². The van der Waals surface area contributed by atoms with Crippen LogP contribution in [-0.4, -0.2) is 21.5 Å². The number of fused-ring (bicyclic) bond motifs is 1. The van der Waals surface area contributed by atoms with Gasteiger partial charge in [-0.15, -0.1) is 0 Å². The van der Waals surface area contributed by atoms with Crippen molar-refractivity contribution in [1.29, 1.82) is 0 Å². The summed E-state index contributed by atoms with van der Waals surface area (Å²) < 4.78 is 5.68. The number of pyridine rings is 1. The number of carbonyl (C=O) groups is 1. The number of hydrogen-bond acceptors (Lipinski definition) is 4. The molecule has 0 bridgehead atoms. The van der Waals surface area contributed by atoms with Gasteiger partial charge in [-0.1, -0.05) is 11.6 Å². The van der Waals surface area contributed by atoms with Crippen LogP contribution in [-0.2, 0) is 6.61 Å². The summed E-state index contributed by atoms with van der Waals surface area (Å²) in [7, 11) is 0. The first kappa shape index (κ1) is 12.6. The maximum Gasteiger partial charge on any atom is 0.168 e. The van der Waals surface area contributed by atoms with Gasteiger partial charge in [-0.05, 0) is 24.3 Å². The van der Waals surface area contributed by atoms with Gasteiger partial charge in [-0.25, -0.2) is 0 Å². The van der Waals surface area contributed by atoms with Crippen LogP contribution in [0.3, 0.4) is 0 Å². The summed E-state index contributed by atoms with van der Waals surface area (Å²) >= 11 is 6.01. The van der Waals surface area contributed by atoms with Crippen molar-refractivity contribution in [3.63, 3.8) is 0 Å². The number of benzene rings is 1. The Balaban J connectivity index is 1.84. The van der Waals surface area contributed by atoms with Crippen LogP contribution in [0.5, 0.6) is 5.75 Å². The van der Waals surface area contributed by atoms with E-state index in [9.17, 15) is 4.79 Å². The summed E-state index contributed by atoms with van der Waals surface area (Å²) in [6.07, 6.45) is 3.97. The molecule has 20 heavy (non-hydrogen) atoms. The molecule has 0 aliphatic heterocycles. The van der Waals surface area contributed by atoms with E-state index in [0.717, 1.165) is 22.8 Å². The van der Waals surface area contributed by atoms with Crippen LogP contribution in [0.1, 0.15) is 16.1 Å². The van der Waals surface area contributed by atoms with E-state index in [-0.39, 0.29) is 0 Å². The molecule has 0 spiro atoms. The van der Waals surface area contributed by atoms with Gasteiger partial charge in [0.15, 0.2) is 6.29 Å². The predicted molar refractivity (Wildman–Crippen MR) is 75.1 cm³/mol. The van der Waals surface area contributed by atoms with E-state index in [2.05, 4.69) is 15.2 Å². The molecular weight excluding hydrogens is 278 g/mol. The Morgan fingerprint density at radius 3 is 3.05 bits per heavy atom. The third-order valence-electron chi connectivity index (χ3n) is 2.92. The first-order valence-corrected chi connectivity index (χ1v) is 6.30. The van der Waals surface area contributed by atoms with Crippen molar-refractivity contribution < 1.29 is 9.53 Å². The first-order chi connectivity index (χ1) is 9.78. The van der Waals surface area contributed by atoms with Crippen LogP contribution in [0.15, 0.2) is 36.7 Å². The lowest BCUT2D eigenvalue weighted by atomic mass is 10.2. The third-order valence-corrected chi connectivity index (χ3v) is 3.26. The Morgan fingerprint density at radius 1 is 1.35 bits per heavy atom. The van der Waals surface area contributed by atoms with Gasteiger partial charge in [0.05, 0.1) is 10.5 Å². The molecular formula is C14H10ClN3O2. The number of aromatic amines is 1. The number of ether oxygens (including phenoxy) is 1. The monoisotopic (exact) mass is 287 g/mol. The van der Waals surface area contributed by atoms with Crippen LogP contribution in [0.4, 0.5) is 0 Å². The SMILES string of the molecule is O=Cc1[nH]nc2ccc(OCc3ccncc3Cl)cc12. The van der Waals surface area contributed by atoms with Crippen LogP contribution in [0.25, 0.3) is 10.9 Å². The summed E-state index contributed by atoms with van der Waals surface area (Å²) in [4.78, 5) is 14.8. The second kappa shape index (κ2) is 5.30. The molecule has 3 aromatic rings. The number of rotatable bonds is 4. The fraction of sp³-hybridized carbons (Fsp3) is 0.0714. The molecule has 0 unspecified atom stereocenters. The molecule has 0 aliphatic carbocycles. The van der Waals surface area contributed by atoms with Crippen molar-refractivity contribution in [1.82, 2.24) is 15.2 Å². The number of carbonyl (C=O) groups excluding carboxylic acids is 1. The fourth-order valence-corrected chi connectivity index (χ4v) is 2.04. The molecule has 0 fully saturated rings. The minimum atomic E-state index is 0.334. The topological polar surface area (TPSA) is 67.9 Å². The zero-order valence-electron chi connectivity index (χ0n) is 10.3. The molecule has 2 aromatic heterocycles. The van der Waals surface area contributed by atoms with E-state index in [0.29, 0.717) is 23.1 Å². The zero-order valence-corrected chi connectivity index (χ0v) is 11.1. The van der Waals surface area contributed by atoms with E-state index < -0.39 is 0 Å². The van der Waals surface area contributed by atoms with Gasteiger partial charge in [0.25, 0.3) is 0 Å². The van der Waals surface area contributed by atoms with E-state index in [4.69, 9.17) is 16.3 Å². The molecule has 2 heterocycles. The predicted octanol–water partition coefficient (Wildman–Crippen LogP) is 3.00. The van der Waals surface area contributed by atoms with Gasteiger partial charge < -0.3 is 4.74 Å². The van der Waals surface area contributed by atoms with Gasteiger partial charge in [0.2, 0.25) is 0 Å². The Hall–Kier alpha value is -2.40. The lowest BCUT2D eigenvalue weighted by molar-refractivity contribution is 0.112. The molecule has 5 nitrogen and oxygen atoms in total. The average molecular weight is 288 g/mol. The Morgan fingerprint density at radius 2 is 2.25 bits per heavy atom. The number of aldehydes is 1. The molecule has 0 aliphatic rings. The van der Waals surface area contributed by atoms with E-state index in [1.807, 2.05) is 0 Å². The highest BCUT2D eigenvalue weighted by atomic mass is 35.5. The van der Waals surface area contributed by atoms with E-state index in [1.165, 1.54) is 0 Å². The molecule has 0 amide bonds. The minimum Gasteiger partial charge on any atom is -0.489 e. The Kier molecular flexibility index (Phi) is 3.35. The second-order valence-corrected chi connectivity index (χ2v) is 4.60. The average Bonchev–Trinajstić information content (AvgIpc) is 2.88. The molecule has 1 N–H and O–H groups in total. The number of halogens is 1.